The van der Waals surface area contributed by atoms with E-state index in [1.54, 1.807) is 43.3 Å². The number of rotatable bonds is 9. The van der Waals surface area contributed by atoms with Crippen LogP contribution in [0.3, 0.4) is 0 Å². The van der Waals surface area contributed by atoms with E-state index >= 15 is 0 Å². The summed E-state index contributed by atoms with van der Waals surface area (Å²) in [6.07, 6.45) is 1.35. The summed E-state index contributed by atoms with van der Waals surface area (Å²) >= 11 is 0. The molecule has 2 amide bonds. The van der Waals surface area contributed by atoms with Crippen molar-refractivity contribution >= 4 is 17.7 Å². The molecule has 0 radical (unpaired) electrons. The number of anilines is 1. The average molecular weight is 414 g/mol. The molecule has 8 heteroatoms. The monoisotopic (exact) mass is 414 g/mol. The predicted octanol–water partition coefficient (Wildman–Crippen LogP) is 3.35. The van der Waals surface area contributed by atoms with E-state index in [1.807, 2.05) is 19.1 Å². The topological polar surface area (TPSA) is 117 Å². The van der Waals surface area contributed by atoms with Crippen molar-refractivity contribution in [1.29, 1.82) is 0 Å². The van der Waals surface area contributed by atoms with Gasteiger partial charge in [0.1, 0.15) is 18.5 Å². The highest BCUT2D eigenvalue weighted by molar-refractivity contribution is 5.86. The van der Waals surface area contributed by atoms with Crippen molar-refractivity contribution in [3.8, 4) is 5.75 Å². The highest BCUT2D eigenvalue weighted by Crippen LogP contribution is 2.29. The first-order chi connectivity index (χ1) is 14.4. The van der Waals surface area contributed by atoms with Crippen LogP contribution < -0.4 is 15.5 Å². The molecule has 0 unspecified atom stereocenters. The maximum absolute atomic E-state index is 12.5. The number of amides is 2. The third-order valence-electron chi connectivity index (χ3n) is 4.24. The molecule has 2 aromatic carbocycles. The van der Waals surface area contributed by atoms with Gasteiger partial charge in [-0.2, -0.15) is 0 Å². The lowest BCUT2D eigenvalue weighted by Gasteiger charge is -2.23. The van der Waals surface area contributed by atoms with E-state index in [-0.39, 0.29) is 19.1 Å². The van der Waals surface area contributed by atoms with E-state index < -0.39 is 18.1 Å². The van der Waals surface area contributed by atoms with Crippen LogP contribution in [-0.4, -0.2) is 35.5 Å². The Kier molecular flexibility index (Phi) is 8.86. The minimum Gasteiger partial charge on any atom is -0.491 e. The van der Waals surface area contributed by atoms with E-state index in [2.05, 4.69) is 5.32 Å². The van der Waals surface area contributed by atoms with Gasteiger partial charge in [-0.15, -0.1) is 0 Å². The van der Waals surface area contributed by atoms with E-state index in [9.17, 15) is 9.59 Å². The second kappa shape index (κ2) is 11.6. The zero-order valence-corrected chi connectivity index (χ0v) is 16.9. The Morgan fingerprint density at radius 3 is 2.37 bits per heavy atom. The van der Waals surface area contributed by atoms with Crippen LogP contribution in [-0.2, 0) is 9.53 Å². The third-order valence-corrected chi connectivity index (χ3v) is 4.24. The van der Waals surface area contributed by atoms with Crippen molar-refractivity contribution in [2.45, 2.75) is 20.0 Å². The van der Waals surface area contributed by atoms with Crippen LogP contribution in [0.1, 0.15) is 24.2 Å². The number of carbonyl (C=O) groups excluding carboxylic acids is 2. The Bertz CT molecular complexity index is 849. The largest absolute Gasteiger partial charge is 0.491 e. The molecule has 0 aliphatic rings. The van der Waals surface area contributed by atoms with Gasteiger partial charge >= 0.3 is 6.09 Å². The molecule has 4 N–H and O–H groups in total. The van der Waals surface area contributed by atoms with Gasteiger partial charge in [0.2, 0.25) is 0 Å². The summed E-state index contributed by atoms with van der Waals surface area (Å²) in [5, 5.41) is 20.2. The minimum atomic E-state index is -0.704. The van der Waals surface area contributed by atoms with Crippen LogP contribution >= 0.6 is 0 Å². The Morgan fingerprint density at radius 1 is 1.10 bits per heavy atom. The number of hydroxylamine groups is 1. The molecule has 0 saturated heterocycles. The van der Waals surface area contributed by atoms with E-state index in [0.717, 1.165) is 11.6 Å². The van der Waals surface area contributed by atoms with Gasteiger partial charge < -0.3 is 14.6 Å². The highest BCUT2D eigenvalue weighted by atomic mass is 16.6. The van der Waals surface area contributed by atoms with Crippen LogP contribution in [0.4, 0.5) is 10.5 Å². The molecule has 2 atom stereocenters. The SMILES string of the molecule is Cc1ccc(NC(=O)O[C@H](c2ccc(OCCO)cc2)[C@@H](C)/C=C/C(=O)NO)cc1. The van der Waals surface area contributed by atoms with Gasteiger partial charge in [0.25, 0.3) is 5.91 Å². The zero-order valence-electron chi connectivity index (χ0n) is 16.9. The summed E-state index contributed by atoms with van der Waals surface area (Å²) < 4.78 is 11.0. The number of aliphatic hydroxyl groups is 1. The van der Waals surface area contributed by atoms with Gasteiger partial charge in [-0.3, -0.25) is 15.3 Å². The first-order valence-corrected chi connectivity index (χ1v) is 9.43. The Balaban J connectivity index is 2.17. The van der Waals surface area contributed by atoms with Crippen molar-refractivity contribution in [1.82, 2.24) is 5.48 Å². The quantitative estimate of drug-likeness (QED) is 0.284. The predicted molar refractivity (Wildman–Crippen MR) is 111 cm³/mol. The minimum absolute atomic E-state index is 0.0958. The normalized spacial score (nSPS) is 12.8. The van der Waals surface area contributed by atoms with Gasteiger partial charge in [-0.25, -0.2) is 10.3 Å². The number of benzene rings is 2. The zero-order chi connectivity index (χ0) is 21.9. The molecule has 0 aliphatic heterocycles. The van der Waals surface area contributed by atoms with E-state index in [1.165, 1.54) is 11.6 Å². The van der Waals surface area contributed by atoms with Gasteiger partial charge in [0, 0.05) is 17.7 Å². The molecule has 0 aromatic heterocycles. The summed E-state index contributed by atoms with van der Waals surface area (Å²) in [5.41, 5.74) is 3.87. The molecule has 0 heterocycles. The first kappa shape index (κ1) is 22.9. The van der Waals surface area contributed by atoms with Crippen molar-refractivity contribution < 1.29 is 29.4 Å². The summed E-state index contributed by atoms with van der Waals surface area (Å²) in [4.78, 5) is 23.8. The van der Waals surface area contributed by atoms with Crippen LogP contribution in [0.25, 0.3) is 0 Å². The first-order valence-electron chi connectivity index (χ1n) is 9.43. The smallest absolute Gasteiger partial charge is 0.412 e. The Morgan fingerprint density at radius 2 is 1.77 bits per heavy atom. The Hall–Kier alpha value is -3.36. The fourth-order valence-corrected chi connectivity index (χ4v) is 2.67. The van der Waals surface area contributed by atoms with Gasteiger partial charge in [-0.05, 0) is 36.8 Å². The molecular weight excluding hydrogens is 388 g/mol. The van der Waals surface area contributed by atoms with Crippen molar-refractivity contribution in [2.24, 2.45) is 5.92 Å². The van der Waals surface area contributed by atoms with Crippen LogP contribution in [0.2, 0.25) is 0 Å². The van der Waals surface area contributed by atoms with Crippen molar-refractivity contribution in [3.63, 3.8) is 0 Å². The fraction of sp³-hybridized carbons (Fsp3) is 0.273. The summed E-state index contributed by atoms with van der Waals surface area (Å²) in [6, 6.07) is 14.2. The molecular formula is C22H26N2O6. The average Bonchev–Trinajstić information content (AvgIpc) is 2.76. The molecule has 0 bridgehead atoms. The third kappa shape index (κ3) is 7.23. The lowest BCUT2D eigenvalue weighted by atomic mass is 9.96. The lowest BCUT2D eigenvalue weighted by Crippen LogP contribution is -2.22. The number of hydrogen-bond acceptors (Lipinski definition) is 6. The fourth-order valence-electron chi connectivity index (χ4n) is 2.67. The van der Waals surface area contributed by atoms with E-state index in [4.69, 9.17) is 19.8 Å². The highest BCUT2D eigenvalue weighted by Gasteiger charge is 2.22. The lowest BCUT2D eigenvalue weighted by molar-refractivity contribution is -0.124. The number of nitrogens with one attached hydrogen (secondary N) is 2. The summed E-state index contributed by atoms with van der Waals surface area (Å²) in [5.74, 6) is -0.494. The maximum Gasteiger partial charge on any atom is 0.412 e. The number of ether oxygens (including phenoxy) is 2. The second-order valence-electron chi connectivity index (χ2n) is 6.65. The molecule has 2 rings (SSSR count). The standard InChI is InChI=1S/C22H26N2O6/c1-15-3-8-18(9-4-15)23-22(27)30-21(16(2)5-12-20(26)24-28)17-6-10-19(11-7-17)29-14-13-25/h3-12,16,21,25,28H,13-14H2,1-2H3,(H,23,27)(H,24,26)/b12-5+/t16-,21-/m0/s1. The molecule has 160 valence electrons. The van der Waals surface area contributed by atoms with E-state index in [0.29, 0.717) is 17.0 Å². The molecule has 2 aromatic rings. The van der Waals surface area contributed by atoms with Gasteiger partial charge in [-0.1, -0.05) is 42.8 Å². The number of hydrogen-bond donors (Lipinski definition) is 4. The van der Waals surface area contributed by atoms with Crippen LogP contribution in [0.15, 0.2) is 60.7 Å². The van der Waals surface area contributed by atoms with Gasteiger partial charge in [0.05, 0.1) is 6.61 Å². The molecule has 0 aliphatic carbocycles. The molecule has 8 nitrogen and oxygen atoms in total. The summed E-state index contributed by atoms with van der Waals surface area (Å²) in [6.45, 7) is 3.80. The molecule has 0 saturated carbocycles. The van der Waals surface area contributed by atoms with Gasteiger partial charge in [0.15, 0.2) is 0 Å². The van der Waals surface area contributed by atoms with Crippen LogP contribution in [0, 0.1) is 12.8 Å². The van der Waals surface area contributed by atoms with Crippen LogP contribution in [0.5, 0.6) is 5.75 Å². The number of carbonyl (C=O) groups is 2. The maximum atomic E-state index is 12.5. The number of aryl methyl sites for hydroxylation is 1. The molecule has 0 spiro atoms. The molecule has 0 fully saturated rings. The Labute approximate surface area is 175 Å². The number of aliphatic hydroxyl groups excluding tert-OH is 1. The second-order valence-corrected chi connectivity index (χ2v) is 6.65. The van der Waals surface area contributed by atoms with Crippen molar-refractivity contribution in [2.75, 3.05) is 18.5 Å². The molecule has 30 heavy (non-hydrogen) atoms. The summed E-state index contributed by atoms with van der Waals surface area (Å²) in [7, 11) is 0. The van der Waals surface area contributed by atoms with Crippen molar-refractivity contribution in [3.05, 3.63) is 71.8 Å².